The van der Waals surface area contributed by atoms with E-state index in [4.69, 9.17) is 4.74 Å². The lowest BCUT2D eigenvalue weighted by Gasteiger charge is -2.20. The van der Waals surface area contributed by atoms with Gasteiger partial charge in [0, 0.05) is 23.9 Å². The predicted molar refractivity (Wildman–Crippen MR) is 88.4 cm³/mol. The fraction of sp³-hybridized carbons (Fsp3) is 0.294. The molecule has 4 atom stereocenters. The van der Waals surface area contributed by atoms with E-state index in [9.17, 15) is 25.2 Å². The molecule has 132 valence electrons. The Kier molecular flexibility index (Phi) is 4.95. The molecule has 0 bridgehead atoms. The zero-order chi connectivity index (χ0) is 18.0. The molecule has 1 aromatic heterocycles. The summed E-state index contributed by atoms with van der Waals surface area (Å²) in [5.41, 5.74) is -0.0107. The minimum Gasteiger partial charge on any atom is -0.507 e. The standard InChI is InChI=1S/C17H18N2O6/c20-9-12-15(23)16(24)17(25-12)19-7-6-14(22)18-13(19)8-11(21)10-4-2-1-3-5-10/h1-8,12,15-17,20-21,23-24H,9H2/t12-,15-,16-,17-/m1/s1. The van der Waals surface area contributed by atoms with Crippen LogP contribution in [0.1, 0.15) is 17.6 Å². The third-order valence-corrected chi connectivity index (χ3v) is 3.99. The van der Waals surface area contributed by atoms with E-state index < -0.39 is 36.7 Å². The van der Waals surface area contributed by atoms with E-state index in [-0.39, 0.29) is 11.6 Å². The Morgan fingerprint density at radius 1 is 1.20 bits per heavy atom. The SMILES string of the molecule is O=c1ccn([C@@H]2O[C@H](CO)[C@@H](O)[C@H]2O)c(C=C(O)c2ccccc2)n1. The average molecular weight is 346 g/mol. The number of aliphatic hydroxyl groups excluding tert-OH is 4. The number of ether oxygens (including phenoxy) is 1. The van der Waals surface area contributed by atoms with Crippen molar-refractivity contribution < 1.29 is 25.2 Å². The Balaban J connectivity index is 2.01. The van der Waals surface area contributed by atoms with Crippen molar-refractivity contribution in [1.82, 2.24) is 9.55 Å². The molecule has 1 aliphatic heterocycles. The van der Waals surface area contributed by atoms with Crippen LogP contribution in [-0.4, -0.2) is 54.9 Å². The average Bonchev–Trinajstić information content (AvgIpc) is 2.91. The molecular formula is C17H18N2O6. The minimum atomic E-state index is -1.33. The topological polar surface area (TPSA) is 125 Å². The van der Waals surface area contributed by atoms with E-state index in [0.717, 1.165) is 0 Å². The third-order valence-electron chi connectivity index (χ3n) is 3.99. The zero-order valence-corrected chi connectivity index (χ0v) is 13.1. The van der Waals surface area contributed by atoms with Crippen molar-refractivity contribution in [2.45, 2.75) is 24.5 Å². The highest BCUT2D eigenvalue weighted by Crippen LogP contribution is 2.30. The molecule has 0 spiro atoms. The summed E-state index contributed by atoms with van der Waals surface area (Å²) in [4.78, 5) is 15.4. The molecule has 1 aromatic carbocycles. The van der Waals surface area contributed by atoms with E-state index in [2.05, 4.69) is 4.98 Å². The number of aromatic nitrogens is 2. The van der Waals surface area contributed by atoms with E-state index in [1.807, 2.05) is 0 Å². The Morgan fingerprint density at radius 2 is 1.92 bits per heavy atom. The molecule has 2 aromatic rings. The maximum absolute atomic E-state index is 11.6. The van der Waals surface area contributed by atoms with E-state index in [1.165, 1.54) is 22.9 Å². The normalized spacial score (nSPS) is 26.8. The fourth-order valence-electron chi connectivity index (χ4n) is 2.67. The number of hydrogen-bond acceptors (Lipinski definition) is 7. The lowest BCUT2D eigenvalue weighted by molar-refractivity contribution is -0.0537. The van der Waals surface area contributed by atoms with Crippen LogP contribution in [0.2, 0.25) is 0 Å². The highest BCUT2D eigenvalue weighted by atomic mass is 16.6. The van der Waals surface area contributed by atoms with E-state index in [1.54, 1.807) is 30.3 Å². The second-order valence-electron chi connectivity index (χ2n) is 5.66. The van der Waals surface area contributed by atoms with Gasteiger partial charge in [-0.25, -0.2) is 0 Å². The second-order valence-corrected chi connectivity index (χ2v) is 5.66. The molecule has 1 saturated heterocycles. The summed E-state index contributed by atoms with van der Waals surface area (Å²) in [6.07, 6.45) is -2.01. The molecule has 8 heteroatoms. The zero-order valence-electron chi connectivity index (χ0n) is 13.1. The lowest BCUT2D eigenvalue weighted by atomic mass is 10.1. The molecule has 25 heavy (non-hydrogen) atoms. The molecule has 3 rings (SSSR count). The van der Waals surface area contributed by atoms with Crippen molar-refractivity contribution in [2.24, 2.45) is 0 Å². The van der Waals surface area contributed by atoms with Crippen LogP contribution in [0.15, 0.2) is 47.4 Å². The highest BCUT2D eigenvalue weighted by molar-refractivity contribution is 5.74. The third kappa shape index (κ3) is 3.47. The van der Waals surface area contributed by atoms with Gasteiger partial charge < -0.3 is 29.7 Å². The van der Waals surface area contributed by atoms with Crippen molar-refractivity contribution in [3.05, 3.63) is 64.3 Å². The maximum atomic E-state index is 11.6. The molecule has 1 aliphatic rings. The van der Waals surface area contributed by atoms with Gasteiger partial charge in [0.1, 0.15) is 29.9 Å². The van der Waals surface area contributed by atoms with Crippen molar-refractivity contribution in [3.63, 3.8) is 0 Å². The molecule has 4 N–H and O–H groups in total. The van der Waals surface area contributed by atoms with Gasteiger partial charge in [-0.15, -0.1) is 0 Å². The van der Waals surface area contributed by atoms with Gasteiger partial charge in [0.15, 0.2) is 6.23 Å². The fourth-order valence-corrected chi connectivity index (χ4v) is 2.67. The minimum absolute atomic E-state index is 0.0451. The molecule has 2 heterocycles. The van der Waals surface area contributed by atoms with Crippen LogP contribution in [0.4, 0.5) is 0 Å². The van der Waals surface area contributed by atoms with Crippen LogP contribution >= 0.6 is 0 Å². The number of benzene rings is 1. The van der Waals surface area contributed by atoms with Gasteiger partial charge in [-0.1, -0.05) is 30.3 Å². The molecule has 0 amide bonds. The summed E-state index contributed by atoms with van der Waals surface area (Å²) in [5, 5.41) is 39.5. The van der Waals surface area contributed by atoms with E-state index in [0.29, 0.717) is 5.56 Å². The summed E-state index contributed by atoms with van der Waals surface area (Å²) in [5.74, 6) is -0.0807. The first-order valence-corrected chi connectivity index (χ1v) is 7.69. The quantitative estimate of drug-likeness (QED) is 0.570. The summed E-state index contributed by atoms with van der Waals surface area (Å²) in [7, 11) is 0. The van der Waals surface area contributed by atoms with Gasteiger partial charge in [0.25, 0.3) is 5.56 Å². The molecule has 1 fully saturated rings. The molecule has 8 nitrogen and oxygen atoms in total. The summed E-state index contributed by atoms with van der Waals surface area (Å²) in [6, 6.07) is 9.83. The summed E-state index contributed by atoms with van der Waals surface area (Å²) < 4.78 is 6.77. The Morgan fingerprint density at radius 3 is 2.56 bits per heavy atom. The summed E-state index contributed by atoms with van der Waals surface area (Å²) >= 11 is 0. The van der Waals surface area contributed by atoms with Crippen molar-refractivity contribution in [2.75, 3.05) is 6.61 Å². The van der Waals surface area contributed by atoms with Crippen molar-refractivity contribution in [1.29, 1.82) is 0 Å². The van der Waals surface area contributed by atoms with Gasteiger partial charge in [0.2, 0.25) is 0 Å². The van der Waals surface area contributed by atoms with Crippen LogP contribution in [0, 0.1) is 0 Å². The first-order valence-electron chi connectivity index (χ1n) is 7.69. The number of hydrogen-bond donors (Lipinski definition) is 4. The number of rotatable bonds is 4. The van der Waals surface area contributed by atoms with Crippen LogP contribution in [0.25, 0.3) is 11.8 Å². The number of nitrogens with zero attached hydrogens (tertiary/aromatic N) is 2. The highest BCUT2D eigenvalue weighted by Gasteiger charge is 2.43. The Hall–Kier alpha value is -2.52. The first-order chi connectivity index (χ1) is 12.0. The van der Waals surface area contributed by atoms with Crippen LogP contribution in [-0.2, 0) is 4.74 Å². The maximum Gasteiger partial charge on any atom is 0.273 e. The smallest absolute Gasteiger partial charge is 0.273 e. The van der Waals surface area contributed by atoms with Gasteiger partial charge in [-0.3, -0.25) is 4.79 Å². The Bertz CT molecular complexity index is 819. The van der Waals surface area contributed by atoms with Crippen LogP contribution in [0.5, 0.6) is 0 Å². The van der Waals surface area contributed by atoms with Gasteiger partial charge >= 0.3 is 0 Å². The second kappa shape index (κ2) is 7.16. The van der Waals surface area contributed by atoms with Crippen molar-refractivity contribution in [3.8, 4) is 0 Å². The molecule has 0 aliphatic carbocycles. The molecular weight excluding hydrogens is 328 g/mol. The number of aliphatic hydroxyl groups is 4. The monoisotopic (exact) mass is 346 g/mol. The molecule has 0 unspecified atom stereocenters. The first kappa shape index (κ1) is 17.3. The van der Waals surface area contributed by atoms with Crippen LogP contribution in [0.3, 0.4) is 0 Å². The van der Waals surface area contributed by atoms with Gasteiger partial charge in [-0.2, -0.15) is 4.98 Å². The summed E-state index contributed by atoms with van der Waals surface area (Å²) in [6.45, 7) is -0.469. The van der Waals surface area contributed by atoms with Gasteiger partial charge in [0.05, 0.1) is 6.61 Å². The lowest BCUT2D eigenvalue weighted by Crippen LogP contribution is -2.33. The van der Waals surface area contributed by atoms with Crippen molar-refractivity contribution >= 4 is 11.8 Å². The molecule has 0 saturated carbocycles. The van der Waals surface area contributed by atoms with E-state index >= 15 is 0 Å². The Labute approximate surface area is 142 Å². The van der Waals surface area contributed by atoms with Gasteiger partial charge in [-0.05, 0) is 0 Å². The molecule has 0 radical (unpaired) electrons. The predicted octanol–water partition coefficient (Wildman–Crippen LogP) is -0.0891. The largest absolute Gasteiger partial charge is 0.507 e. The van der Waals surface area contributed by atoms with Crippen LogP contribution < -0.4 is 5.56 Å².